The van der Waals surface area contributed by atoms with Gasteiger partial charge < -0.3 is 4.74 Å². The van der Waals surface area contributed by atoms with E-state index in [9.17, 15) is 0 Å². The van der Waals surface area contributed by atoms with E-state index < -0.39 is 11.0 Å². The van der Waals surface area contributed by atoms with Crippen LogP contribution in [-0.2, 0) is 15.8 Å². The van der Waals surface area contributed by atoms with E-state index in [0.717, 1.165) is 11.5 Å². The summed E-state index contributed by atoms with van der Waals surface area (Å²) in [6.07, 6.45) is 4.72. The van der Waals surface area contributed by atoms with Gasteiger partial charge in [0.25, 0.3) is 0 Å². The van der Waals surface area contributed by atoms with Gasteiger partial charge in [-0.15, -0.1) is 0 Å². The topological polar surface area (TPSA) is 22.1 Å². The second-order valence-corrected chi connectivity index (χ2v) is 25.1. The Balaban J connectivity index is 1.19. The second kappa shape index (κ2) is 5.53. The fourth-order valence-corrected chi connectivity index (χ4v) is 24.7. The lowest BCUT2D eigenvalue weighted by atomic mass is 9.55. The summed E-state index contributed by atoms with van der Waals surface area (Å²) in [7, 11) is 0. The summed E-state index contributed by atoms with van der Waals surface area (Å²) < 4.78 is 8.53. The van der Waals surface area contributed by atoms with Gasteiger partial charge in [0.15, 0.2) is 5.60 Å². The van der Waals surface area contributed by atoms with Crippen molar-refractivity contribution in [3.05, 3.63) is 58.4 Å². The van der Waals surface area contributed by atoms with Crippen molar-refractivity contribution >= 4 is 297 Å². The molecule has 4 aliphatic carbocycles. The van der Waals surface area contributed by atoms with Crippen LogP contribution in [0.1, 0.15) is 27.9 Å². The van der Waals surface area contributed by atoms with Crippen LogP contribution in [0, 0.1) is 0 Å². The normalized spacial score (nSPS) is 22.5. The minimum absolute atomic E-state index is 0.550. The molecule has 2 spiro atoms. The Bertz CT molecular complexity index is 7210. The number of pyridine rings is 1. The smallest absolute Gasteiger partial charge is 0.179 e. The Morgan fingerprint density at radius 1 is 0.246 bits per heavy atom. The minimum Gasteiger partial charge on any atom is -0.474 e. The van der Waals surface area contributed by atoms with Crippen molar-refractivity contribution in [1.29, 1.82) is 0 Å². The van der Waals surface area contributed by atoms with Crippen LogP contribution in [0.25, 0.3) is 297 Å². The van der Waals surface area contributed by atoms with Gasteiger partial charge >= 0.3 is 0 Å². The van der Waals surface area contributed by atoms with Crippen LogP contribution in [-0.4, -0.2) is 4.98 Å². The van der Waals surface area contributed by atoms with Crippen molar-refractivity contribution in [3.63, 3.8) is 0 Å². The van der Waals surface area contributed by atoms with Crippen molar-refractivity contribution < 1.29 is 4.74 Å². The third-order valence-corrected chi connectivity index (χ3v) is 24.8. The van der Waals surface area contributed by atoms with Crippen molar-refractivity contribution in [2.75, 3.05) is 0 Å². The Kier molecular flexibility index (Phi) is 1.99. The Labute approximate surface area is 373 Å². The third-order valence-electron chi connectivity index (χ3n) is 24.8. The maximum atomic E-state index is 8.53. The molecule has 34 rings (SSSR count). The van der Waals surface area contributed by atoms with E-state index >= 15 is 0 Å². The molecule has 69 heavy (non-hydrogen) atoms. The Hall–Kier alpha value is -8.85. The number of hydrogen-bond acceptors (Lipinski definition) is 2. The average molecular weight is 840 g/mol. The molecule has 2 heterocycles. The van der Waals surface area contributed by atoms with E-state index in [-0.39, 0.29) is 0 Å². The van der Waals surface area contributed by atoms with Crippen LogP contribution < -0.4 is 0 Å². The second-order valence-electron chi connectivity index (χ2n) is 25.1. The lowest BCUT2D eigenvalue weighted by Gasteiger charge is -2.48. The molecule has 0 saturated heterocycles. The largest absolute Gasteiger partial charge is 0.474 e. The van der Waals surface area contributed by atoms with E-state index in [0.29, 0.717) is 0 Å². The predicted octanol–water partition coefficient (Wildman–Crippen LogP) is 17.7. The maximum absolute atomic E-state index is 8.53. The molecule has 5 aliphatic rings. The van der Waals surface area contributed by atoms with E-state index in [1.54, 1.807) is 302 Å². The molecule has 29 aromatic rings. The first-order valence-electron chi connectivity index (χ1n) is 25.5. The van der Waals surface area contributed by atoms with E-state index in [2.05, 4.69) is 24.3 Å². The first-order chi connectivity index (χ1) is 34.4. The fourth-order valence-electron chi connectivity index (χ4n) is 24.7. The number of hydrogen-bond donors (Lipinski definition) is 0. The molecule has 0 N–H and O–H groups in total. The van der Waals surface area contributed by atoms with Gasteiger partial charge in [0, 0.05) is 17.3 Å². The van der Waals surface area contributed by atoms with Crippen LogP contribution in [0.2, 0.25) is 0 Å². The SMILES string of the molecule is C1=C(c2ccccn2)OC23c4c5c6c7c8c9c(c%10c%11c2c2c4c4c%12c5c5c6c6c8c8c%13c9c9c%10c%10c%11c%11c2c2c4c4c%12c%12c5c5c6c8c6c8c%13c9c9c%10c%10c%11c2c2c4c4c%12c5c6c5c8c9c%10c2c45)C173. The quantitative estimate of drug-likeness (QED) is 0.154. The molecular formula is C67H5NO. The summed E-state index contributed by atoms with van der Waals surface area (Å²) in [6, 6.07) is 6.48. The molecule has 1 aliphatic heterocycles. The number of ether oxygens (including phenoxy) is 1. The van der Waals surface area contributed by atoms with Gasteiger partial charge in [0.1, 0.15) is 11.5 Å². The summed E-state index contributed by atoms with van der Waals surface area (Å²) in [4.78, 5) is 5.20. The summed E-state index contributed by atoms with van der Waals surface area (Å²) >= 11 is 0. The molecule has 2 nitrogen and oxygen atoms in total. The molecule has 0 radical (unpaired) electrons. The molecule has 0 amide bonds. The van der Waals surface area contributed by atoms with E-state index in [1.807, 2.05) is 6.20 Å². The number of aromatic nitrogens is 1. The standard InChI is InChI=1S/C67H5NO/c1-2-4-68-6(3-1)7-5-66-62-54-46-36-26-18-10-8-9-12-16-14(10)22-30-24(16)34-28-20(12)21-13(9)17-15-11(8)19(18)27-33-23(15)31-25(17)35-29(21)39-38(28)50-44(34)52-42(30)48(40(46)32(22)26)56(62)58(52)64-60(50)61-51(39)45(35)53-43(31)49-41(33)47(37(27)36)55(54)63(66)57(49)59(53)65(61)67(64,66)69-7/h1-5H. The Morgan fingerprint density at radius 3 is 0.681 bits per heavy atom. The van der Waals surface area contributed by atoms with Gasteiger partial charge in [-0.05, 0) is 320 Å². The average Bonchev–Trinajstić information content (AvgIpc) is 4.38. The van der Waals surface area contributed by atoms with Crippen molar-refractivity contribution in [2.24, 2.45) is 0 Å². The van der Waals surface area contributed by atoms with Crippen molar-refractivity contribution in [1.82, 2.24) is 4.98 Å². The number of nitrogens with zero attached hydrogens (tertiary/aromatic N) is 1. The van der Waals surface area contributed by atoms with E-state index in [4.69, 9.17) is 9.72 Å². The van der Waals surface area contributed by atoms with Crippen LogP contribution in [0.15, 0.2) is 30.5 Å². The predicted molar refractivity (Wildman–Crippen MR) is 287 cm³/mol. The zero-order valence-corrected chi connectivity index (χ0v) is 34.7. The molecule has 0 bridgehead atoms. The molecular weight excluding hydrogens is 835 g/mol. The fraction of sp³-hybridized carbons (Fsp3) is 0.0299. The summed E-state index contributed by atoms with van der Waals surface area (Å²) in [5.74, 6) is 0.977. The number of benzene rings is 18. The molecule has 0 atom stereocenters. The summed E-state index contributed by atoms with van der Waals surface area (Å²) in [5, 5.41) is 87.2. The van der Waals surface area contributed by atoms with E-state index in [1.165, 1.54) is 11.1 Å². The molecule has 28 aromatic carbocycles. The molecule has 0 saturated carbocycles. The third kappa shape index (κ3) is 1.30. The first kappa shape index (κ1) is 24.8. The van der Waals surface area contributed by atoms with Gasteiger partial charge in [-0.2, -0.15) is 0 Å². The highest BCUT2D eigenvalue weighted by atomic mass is 16.5. The molecule has 0 unspecified atom stereocenters. The van der Waals surface area contributed by atoms with Gasteiger partial charge in [0.05, 0.1) is 5.41 Å². The van der Waals surface area contributed by atoms with Crippen LogP contribution in [0.4, 0.5) is 0 Å². The summed E-state index contributed by atoms with van der Waals surface area (Å²) in [6.45, 7) is 0. The summed E-state index contributed by atoms with van der Waals surface area (Å²) in [5.41, 5.74) is 5.91. The van der Waals surface area contributed by atoms with Gasteiger partial charge in [-0.3, -0.25) is 4.98 Å². The monoisotopic (exact) mass is 839 g/mol. The zero-order valence-electron chi connectivity index (χ0n) is 34.7. The number of rotatable bonds is 1. The first-order valence-corrected chi connectivity index (χ1v) is 25.5. The Morgan fingerprint density at radius 2 is 0.464 bits per heavy atom. The zero-order chi connectivity index (χ0) is 40.6. The lowest BCUT2D eigenvalue weighted by molar-refractivity contribution is 0.0631. The molecule has 284 valence electrons. The molecule has 1 aromatic heterocycles. The highest BCUT2D eigenvalue weighted by molar-refractivity contribution is 6.82. The highest BCUT2D eigenvalue weighted by Crippen LogP contribution is 2.86. The highest BCUT2D eigenvalue weighted by Gasteiger charge is 2.73. The van der Waals surface area contributed by atoms with Crippen molar-refractivity contribution in [2.45, 2.75) is 11.0 Å². The van der Waals surface area contributed by atoms with Gasteiger partial charge in [0.2, 0.25) is 0 Å². The van der Waals surface area contributed by atoms with Crippen LogP contribution in [0.5, 0.6) is 0 Å². The van der Waals surface area contributed by atoms with Crippen molar-refractivity contribution in [3.8, 4) is 0 Å². The maximum Gasteiger partial charge on any atom is 0.179 e. The van der Waals surface area contributed by atoms with Gasteiger partial charge in [-0.1, -0.05) is 6.07 Å². The molecule has 2 heteroatoms. The molecule has 0 fully saturated rings. The van der Waals surface area contributed by atoms with Crippen LogP contribution in [0.3, 0.4) is 0 Å². The van der Waals surface area contributed by atoms with Gasteiger partial charge in [-0.25, -0.2) is 0 Å². The lowest BCUT2D eigenvalue weighted by Crippen LogP contribution is -2.49. The minimum atomic E-state index is -0.759. The van der Waals surface area contributed by atoms with Crippen LogP contribution >= 0.6 is 0 Å².